The summed E-state index contributed by atoms with van der Waals surface area (Å²) in [5, 5.41) is 9.45. The van der Waals surface area contributed by atoms with Crippen molar-refractivity contribution in [2.75, 3.05) is 19.6 Å². The highest BCUT2D eigenvalue weighted by molar-refractivity contribution is 5.83. The molecule has 4 atom stereocenters. The molecule has 0 radical (unpaired) electrons. The number of carboxylic acids is 1. The second-order valence-corrected chi connectivity index (χ2v) is 6.82. The molecule has 2 aliphatic rings. The minimum Gasteiger partial charge on any atom is -0.480 e. The number of likely N-dealkylation sites (tertiary alicyclic amines) is 2. The number of piperidine rings is 2. The predicted molar refractivity (Wildman–Crippen MR) is 81.1 cm³/mol. The van der Waals surface area contributed by atoms with Gasteiger partial charge in [-0.05, 0) is 37.0 Å². The summed E-state index contributed by atoms with van der Waals surface area (Å²) in [6, 6.07) is -0.721. The number of aliphatic carboxylic acids is 1. The van der Waals surface area contributed by atoms with Crippen LogP contribution in [0.1, 0.15) is 46.5 Å². The first kappa shape index (κ1) is 16.1. The number of nitrogens with zero attached hydrogens (tertiary/aromatic N) is 2. The quantitative estimate of drug-likeness (QED) is 0.852. The molecular formula is C16H28N2O3. The SMILES string of the molecule is CCC1CCN(C(=O)N2CCC(C)C(C)C2)C(C(=O)O)C1. The topological polar surface area (TPSA) is 60.9 Å². The zero-order chi connectivity index (χ0) is 15.6. The second-order valence-electron chi connectivity index (χ2n) is 6.82. The van der Waals surface area contributed by atoms with Crippen LogP contribution in [-0.2, 0) is 4.79 Å². The van der Waals surface area contributed by atoms with Crippen molar-refractivity contribution in [2.24, 2.45) is 17.8 Å². The molecular weight excluding hydrogens is 268 g/mol. The average Bonchev–Trinajstić information content (AvgIpc) is 2.48. The Morgan fingerprint density at radius 1 is 1.14 bits per heavy atom. The number of hydrogen-bond donors (Lipinski definition) is 1. The van der Waals surface area contributed by atoms with Gasteiger partial charge in [-0.3, -0.25) is 0 Å². The maximum absolute atomic E-state index is 12.7. The van der Waals surface area contributed by atoms with E-state index in [-0.39, 0.29) is 6.03 Å². The van der Waals surface area contributed by atoms with Crippen molar-refractivity contribution < 1.29 is 14.7 Å². The molecule has 2 saturated heterocycles. The summed E-state index contributed by atoms with van der Waals surface area (Å²) in [6.07, 6.45) is 3.52. The number of carbonyl (C=O) groups is 2. The zero-order valence-corrected chi connectivity index (χ0v) is 13.4. The van der Waals surface area contributed by atoms with Gasteiger partial charge >= 0.3 is 12.0 Å². The molecule has 2 fully saturated rings. The van der Waals surface area contributed by atoms with E-state index in [4.69, 9.17) is 0 Å². The molecule has 0 bridgehead atoms. The van der Waals surface area contributed by atoms with Crippen LogP contribution in [0.25, 0.3) is 0 Å². The van der Waals surface area contributed by atoms with Crippen molar-refractivity contribution >= 4 is 12.0 Å². The summed E-state index contributed by atoms with van der Waals surface area (Å²) in [6.45, 7) is 8.56. The summed E-state index contributed by atoms with van der Waals surface area (Å²) in [7, 11) is 0. The first-order valence-electron chi connectivity index (χ1n) is 8.22. The van der Waals surface area contributed by atoms with Crippen molar-refractivity contribution in [1.29, 1.82) is 0 Å². The standard InChI is InChI=1S/C16H28N2O3/c1-4-13-6-8-18(14(9-13)15(19)20)16(21)17-7-5-11(2)12(3)10-17/h11-14H,4-10H2,1-3H3,(H,19,20). The second kappa shape index (κ2) is 6.67. The predicted octanol–water partition coefficient (Wildman–Crippen LogP) is 2.66. The van der Waals surface area contributed by atoms with Gasteiger partial charge in [0.1, 0.15) is 6.04 Å². The number of urea groups is 1. The molecule has 2 aliphatic heterocycles. The Hall–Kier alpha value is -1.26. The van der Waals surface area contributed by atoms with E-state index in [1.165, 1.54) is 0 Å². The van der Waals surface area contributed by atoms with Gasteiger partial charge in [0, 0.05) is 19.6 Å². The Kier molecular flexibility index (Phi) is 5.12. The maximum atomic E-state index is 12.7. The van der Waals surface area contributed by atoms with Crippen molar-refractivity contribution in [1.82, 2.24) is 9.80 Å². The molecule has 5 nitrogen and oxygen atoms in total. The third-order valence-corrected chi connectivity index (χ3v) is 5.42. The van der Waals surface area contributed by atoms with Gasteiger partial charge in [-0.25, -0.2) is 9.59 Å². The van der Waals surface area contributed by atoms with Crippen LogP contribution in [0.3, 0.4) is 0 Å². The molecule has 2 heterocycles. The lowest BCUT2D eigenvalue weighted by atomic mass is 9.88. The van der Waals surface area contributed by atoms with E-state index in [1.54, 1.807) is 4.90 Å². The van der Waals surface area contributed by atoms with Crippen LogP contribution >= 0.6 is 0 Å². The molecule has 5 heteroatoms. The van der Waals surface area contributed by atoms with Gasteiger partial charge in [0.05, 0.1) is 0 Å². The number of amides is 2. The fourth-order valence-corrected chi connectivity index (χ4v) is 3.49. The monoisotopic (exact) mass is 296 g/mol. The van der Waals surface area contributed by atoms with Crippen LogP contribution in [0.4, 0.5) is 4.79 Å². The van der Waals surface area contributed by atoms with E-state index in [1.807, 2.05) is 4.90 Å². The van der Waals surface area contributed by atoms with Gasteiger partial charge in [0.25, 0.3) is 0 Å². The third-order valence-electron chi connectivity index (χ3n) is 5.42. The van der Waals surface area contributed by atoms with Gasteiger partial charge in [-0.1, -0.05) is 27.2 Å². The number of hydrogen-bond acceptors (Lipinski definition) is 2. The summed E-state index contributed by atoms with van der Waals surface area (Å²) in [5.41, 5.74) is 0. The van der Waals surface area contributed by atoms with Crippen LogP contribution in [0.5, 0.6) is 0 Å². The van der Waals surface area contributed by atoms with E-state index >= 15 is 0 Å². The number of carbonyl (C=O) groups excluding carboxylic acids is 1. The lowest BCUT2D eigenvalue weighted by Crippen LogP contribution is -2.56. The highest BCUT2D eigenvalue weighted by Gasteiger charge is 2.38. The summed E-state index contributed by atoms with van der Waals surface area (Å²) in [4.78, 5) is 27.7. The lowest BCUT2D eigenvalue weighted by Gasteiger charge is -2.42. The smallest absolute Gasteiger partial charge is 0.326 e. The first-order chi connectivity index (χ1) is 9.93. The Morgan fingerprint density at radius 2 is 1.86 bits per heavy atom. The maximum Gasteiger partial charge on any atom is 0.326 e. The molecule has 0 aromatic heterocycles. The average molecular weight is 296 g/mol. The van der Waals surface area contributed by atoms with E-state index < -0.39 is 12.0 Å². The van der Waals surface area contributed by atoms with E-state index in [2.05, 4.69) is 20.8 Å². The molecule has 4 unspecified atom stereocenters. The molecule has 2 amide bonds. The summed E-state index contributed by atoms with van der Waals surface area (Å²) < 4.78 is 0. The van der Waals surface area contributed by atoms with Crippen LogP contribution in [0.15, 0.2) is 0 Å². The third kappa shape index (κ3) is 3.50. The number of carboxylic acid groups (broad SMARTS) is 1. The highest BCUT2D eigenvalue weighted by atomic mass is 16.4. The molecule has 0 spiro atoms. The fraction of sp³-hybridized carbons (Fsp3) is 0.875. The Labute approximate surface area is 127 Å². The minimum absolute atomic E-state index is 0.0734. The lowest BCUT2D eigenvalue weighted by molar-refractivity contribution is -0.144. The molecule has 0 aliphatic carbocycles. The van der Waals surface area contributed by atoms with Crippen molar-refractivity contribution in [3.8, 4) is 0 Å². The van der Waals surface area contributed by atoms with Gasteiger partial charge in [-0.2, -0.15) is 0 Å². The van der Waals surface area contributed by atoms with Crippen molar-refractivity contribution in [3.05, 3.63) is 0 Å². The minimum atomic E-state index is -0.861. The van der Waals surface area contributed by atoms with E-state index in [9.17, 15) is 14.7 Å². The molecule has 0 saturated carbocycles. The number of rotatable bonds is 2. The van der Waals surface area contributed by atoms with Crippen LogP contribution < -0.4 is 0 Å². The zero-order valence-electron chi connectivity index (χ0n) is 13.4. The molecule has 21 heavy (non-hydrogen) atoms. The van der Waals surface area contributed by atoms with Crippen molar-refractivity contribution in [2.45, 2.75) is 52.5 Å². The molecule has 0 aromatic rings. The highest BCUT2D eigenvalue weighted by Crippen LogP contribution is 2.28. The van der Waals surface area contributed by atoms with Crippen LogP contribution in [-0.4, -0.2) is 52.6 Å². The van der Waals surface area contributed by atoms with Crippen molar-refractivity contribution in [3.63, 3.8) is 0 Å². The van der Waals surface area contributed by atoms with Gasteiger partial charge in [0.2, 0.25) is 0 Å². The Bertz CT molecular complexity index is 399. The molecule has 120 valence electrons. The fourth-order valence-electron chi connectivity index (χ4n) is 3.49. The van der Waals surface area contributed by atoms with Gasteiger partial charge in [0.15, 0.2) is 0 Å². The normalized spacial score (nSPS) is 33.9. The van der Waals surface area contributed by atoms with Crippen LogP contribution in [0, 0.1) is 17.8 Å². The van der Waals surface area contributed by atoms with Crippen LogP contribution in [0.2, 0.25) is 0 Å². The molecule has 0 aromatic carbocycles. The molecule has 2 rings (SSSR count). The van der Waals surface area contributed by atoms with E-state index in [0.29, 0.717) is 30.7 Å². The molecule has 1 N–H and O–H groups in total. The first-order valence-corrected chi connectivity index (χ1v) is 8.22. The van der Waals surface area contributed by atoms with Gasteiger partial charge < -0.3 is 14.9 Å². The largest absolute Gasteiger partial charge is 0.480 e. The Balaban J connectivity index is 2.05. The van der Waals surface area contributed by atoms with Gasteiger partial charge in [-0.15, -0.1) is 0 Å². The summed E-state index contributed by atoms with van der Waals surface area (Å²) >= 11 is 0. The van der Waals surface area contributed by atoms with E-state index in [0.717, 1.165) is 32.4 Å². The summed E-state index contributed by atoms with van der Waals surface area (Å²) in [5.74, 6) is 0.685. The Morgan fingerprint density at radius 3 is 2.43 bits per heavy atom.